The molecule has 7 heteroatoms. The van der Waals surface area contributed by atoms with Crippen molar-refractivity contribution in [3.8, 4) is 17.0 Å². The number of anilines is 2. The molecule has 0 aliphatic carbocycles. The Morgan fingerprint density at radius 3 is 2.17 bits per heavy atom. The summed E-state index contributed by atoms with van der Waals surface area (Å²) in [6.07, 6.45) is 0. The highest BCUT2D eigenvalue weighted by Gasteiger charge is 2.13. The minimum absolute atomic E-state index is 0.242. The summed E-state index contributed by atoms with van der Waals surface area (Å²) in [6.45, 7) is 5.74. The van der Waals surface area contributed by atoms with Crippen LogP contribution in [-0.4, -0.2) is 30.7 Å². The number of hydrogen-bond donors (Lipinski definition) is 2. The fourth-order valence-electron chi connectivity index (χ4n) is 3.80. The molecule has 4 rings (SSSR count). The second-order valence-corrected chi connectivity index (χ2v) is 8.42. The van der Waals surface area contributed by atoms with E-state index in [4.69, 9.17) is 14.5 Å². The SMILES string of the molecule is COC(=O)COc1cc(-c2ccc(C)cc2)nc2ccc(NC(=O)Nc3cc(C)cc(C)c3)cc12. The Morgan fingerprint density at radius 2 is 1.49 bits per heavy atom. The first-order valence-electron chi connectivity index (χ1n) is 11.2. The minimum atomic E-state index is -0.492. The van der Waals surface area contributed by atoms with Gasteiger partial charge in [-0.1, -0.05) is 35.9 Å². The van der Waals surface area contributed by atoms with Crippen LogP contribution in [0.1, 0.15) is 16.7 Å². The highest BCUT2D eigenvalue weighted by Crippen LogP contribution is 2.32. The number of fused-ring (bicyclic) bond motifs is 1. The van der Waals surface area contributed by atoms with E-state index in [1.54, 1.807) is 18.2 Å². The van der Waals surface area contributed by atoms with E-state index in [-0.39, 0.29) is 12.6 Å². The molecule has 35 heavy (non-hydrogen) atoms. The Balaban J connectivity index is 1.64. The van der Waals surface area contributed by atoms with Gasteiger partial charge in [0.25, 0.3) is 0 Å². The summed E-state index contributed by atoms with van der Waals surface area (Å²) in [5.74, 6) is -0.0247. The number of carbonyl (C=O) groups is 2. The van der Waals surface area contributed by atoms with E-state index in [9.17, 15) is 9.59 Å². The molecule has 7 nitrogen and oxygen atoms in total. The lowest BCUT2D eigenvalue weighted by Crippen LogP contribution is -2.19. The van der Waals surface area contributed by atoms with Crippen LogP contribution in [-0.2, 0) is 9.53 Å². The van der Waals surface area contributed by atoms with Crippen LogP contribution in [0.2, 0.25) is 0 Å². The number of aryl methyl sites for hydroxylation is 3. The second-order valence-electron chi connectivity index (χ2n) is 8.42. The molecule has 0 aliphatic rings. The van der Waals surface area contributed by atoms with Gasteiger partial charge in [0.05, 0.1) is 18.3 Å². The number of amides is 2. The fraction of sp³-hybridized carbons (Fsp3) is 0.179. The topological polar surface area (TPSA) is 89.6 Å². The summed E-state index contributed by atoms with van der Waals surface area (Å²) >= 11 is 0. The van der Waals surface area contributed by atoms with Crippen molar-refractivity contribution >= 4 is 34.3 Å². The van der Waals surface area contributed by atoms with Crippen molar-refractivity contribution in [1.29, 1.82) is 0 Å². The van der Waals surface area contributed by atoms with Crippen LogP contribution in [0.3, 0.4) is 0 Å². The van der Waals surface area contributed by atoms with Crippen LogP contribution in [0.5, 0.6) is 5.75 Å². The number of nitrogens with zero attached hydrogens (tertiary/aromatic N) is 1. The maximum absolute atomic E-state index is 12.6. The van der Waals surface area contributed by atoms with Crippen molar-refractivity contribution in [2.45, 2.75) is 20.8 Å². The van der Waals surface area contributed by atoms with Gasteiger partial charge in [-0.2, -0.15) is 0 Å². The summed E-state index contributed by atoms with van der Waals surface area (Å²) < 4.78 is 10.5. The normalized spacial score (nSPS) is 10.6. The molecule has 178 valence electrons. The average molecular weight is 470 g/mol. The second kappa shape index (κ2) is 10.3. The molecule has 1 aromatic heterocycles. The highest BCUT2D eigenvalue weighted by molar-refractivity contribution is 6.01. The van der Waals surface area contributed by atoms with Crippen molar-refractivity contribution in [2.24, 2.45) is 0 Å². The molecule has 4 aromatic rings. The van der Waals surface area contributed by atoms with Crippen LogP contribution in [0.15, 0.2) is 66.7 Å². The molecule has 0 saturated carbocycles. The van der Waals surface area contributed by atoms with Crippen molar-refractivity contribution in [3.05, 3.63) is 83.4 Å². The van der Waals surface area contributed by atoms with Crippen LogP contribution in [0.25, 0.3) is 22.2 Å². The Kier molecular flexibility index (Phi) is 6.96. The van der Waals surface area contributed by atoms with Crippen LogP contribution in [0.4, 0.5) is 16.2 Å². The predicted molar refractivity (Wildman–Crippen MR) is 138 cm³/mol. The summed E-state index contributed by atoms with van der Waals surface area (Å²) in [5, 5.41) is 6.37. The molecule has 0 bridgehead atoms. The largest absolute Gasteiger partial charge is 0.481 e. The van der Waals surface area contributed by atoms with Gasteiger partial charge in [-0.25, -0.2) is 14.6 Å². The molecule has 0 atom stereocenters. The van der Waals surface area contributed by atoms with Gasteiger partial charge < -0.3 is 20.1 Å². The number of carbonyl (C=O) groups excluding carboxylic acids is 2. The maximum atomic E-state index is 12.6. The number of nitrogens with one attached hydrogen (secondary N) is 2. The van der Waals surface area contributed by atoms with Gasteiger partial charge in [-0.15, -0.1) is 0 Å². The zero-order valence-corrected chi connectivity index (χ0v) is 20.1. The van der Waals surface area contributed by atoms with E-state index >= 15 is 0 Å². The van der Waals surface area contributed by atoms with E-state index < -0.39 is 5.97 Å². The summed E-state index contributed by atoms with van der Waals surface area (Å²) in [4.78, 5) is 29.1. The number of rotatable bonds is 6. The first kappa shape index (κ1) is 23.8. The number of pyridine rings is 1. The molecule has 2 amide bonds. The number of hydrogen-bond acceptors (Lipinski definition) is 5. The molecule has 0 aliphatic heterocycles. The van der Waals surface area contributed by atoms with E-state index in [0.29, 0.717) is 33.7 Å². The van der Waals surface area contributed by atoms with Crippen LogP contribution < -0.4 is 15.4 Å². The van der Waals surface area contributed by atoms with E-state index in [1.807, 2.05) is 69.3 Å². The maximum Gasteiger partial charge on any atom is 0.343 e. The van der Waals surface area contributed by atoms with Gasteiger partial charge in [0.1, 0.15) is 5.75 Å². The smallest absolute Gasteiger partial charge is 0.343 e. The molecule has 0 unspecified atom stereocenters. The van der Waals surface area contributed by atoms with Gasteiger partial charge in [0.15, 0.2) is 6.61 Å². The fourth-order valence-corrected chi connectivity index (χ4v) is 3.80. The molecule has 0 fully saturated rings. The lowest BCUT2D eigenvalue weighted by atomic mass is 10.1. The third-order valence-electron chi connectivity index (χ3n) is 5.43. The number of benzene rings is 3. The number of methoxy groups -OCH3 is 1. The molecule has 0 radical (unpaired) electrons. The Bertz CT molecular complexity index is 1380. The number of urea groups is 1. The van der Waals surface area contributed by atoms with Crippen molar-refractivity contribution < 1.29 is 19.1 Å². The monoisotopic (exact) mass is 469 g/mol. The summed E-state index contributed by atoms with van der Waals surface area (Å²) in [6, 6.07) is 20.6. The molecule has 1 heterocycles. The standard InChI is InChI=1S/C28H27N3O4/c1-17-5-7-20(8-6-17)25-15-26(35-16-27(32)34-4)23-14-21(9-10-24(23)31-25)29-28(33)30-22-12-18(2)11-19(3)13-22/h5-15H,16H2,1-4H3,(H2,29,30,33). The Morgan fingerprint density at radius 1 is 0.800 bits per heavy atom. The number of ether oxygens (including phenoxy) is 2. The van der Waals surface area contributed by atoms with E-state index in [2.05, 4.69) is 10.6 Å². The average Bonchev–Trinajstić information content (AvgIpc) is 2.82. The molecule has 3 aromatic carbocycles. The molecule has 0 saturated heterocycles. The highest BCUT2D eigenvalue weighted by atomic mass is 16.6. The number of esters is 1. The number of aromatic nitrogens is 1. The summed E-state index contributed by atoms with van der Waals surface area (Å²) in [5.41, 5.74) is 6.86. The van der Waals surface area contributed by atoms with Gasteiger partial charge in [-0.3, -0.25) is 0 Å². The Labute approximate surface area is 204 Å². The summed E-state index contributed by atoms with van der Waals surface area (Å²) in [7, 11) is 1.31. The van der Waals surface area contributed by atoms with Crippen molar-refractivity contribution in [2.75, 3.05) is 24.4 Å². The van der Waals surface area contributed by atoms with Gasteiger partial charge in [0.2, 0.25) is 0 Å². The lowest BCUT2D eigenvalue weighted by Gasteiger charge is -2.13. The first-order valence-corrected chi connectivity index (χ1v) is 11.2. The third kappa shape index (κ3) is 5.95. The van der Waals surface area contributed by atoms with Crippen LogP contribution in [0, 0.1) is 20.8 Å². The van der Waals surface area contributed by atoms with Gasteiger partial charge in [-0.05, 0) is 62.2 Å². The lowest BCUT2D eigenvalue weighted by molar-refractivity contribution is -0.142. The first-order chi connectivity index (χ1) is 16.8. The minimum Gasteiger partial charge on any atom is -0.481 e. The molecular formula is C28H27N3O4. The van der Waals surface area contributed by atoms with Crippen molar-refractivity contribution in [3.63, 3.8) is 0 Å². The quantitative estimate of drug-likeness (QED) is 0.337. The molecular weight excluding hydrogens is 442 g/mol. The zero-order chi connectivity index (χ0) is 24.9. The van der Waals surface area contributed by atoms with Crippen molar-refractivity contribution in [1.82, 2.24) is 4.98 Å². The van der Waals surface area contributed by atoms with E-state index in [0.717, 1.165) is 22.3 Å². The van der Waals surface area contributed by atoms with Crippen LogP contribution >= 0.6 is 0 Å². The zero-order valence-electron chi connectivity index (χ0n) is 20.1. The Hall–Kier alpha value is -4.39. The van der Waals surface area contributed by atoms with Gasteiger partial charge in [0, 0.05) is 28.4 Å². The van der Waals surface area contributed by atoms with E-state index in [1.165, 1.54) is 7.11 Å². The molecule has 0 spiro atoms. The van der Waals surface area contributed by atoms with Gasteiger partial charge >= 0.3 is 12.0 Å². The molecule has 2 N–H and O–H groups in total. The predicted octanol–water partition coefficient (Wildman–Crippen LogP) is 6.02. The third-order valence-corrected chi connectivity index (χ3v) is 5.43.